The summed E-state index contributed by atoms with van der Waals surface area (Å²) in [4.78, 5) is 16.3. The quantitative estimate of drug-likeness (QED) is 0.259. The van der Waals surface area contributed by atoms with Crippen LogP contribution in [-0.4, -0.2) is 24.5 Å². The lowest BCUT2D eigenvalue weighted by Gasteiger charge is -2.40. The van der Waals surface area contributed by atoms with Crippen LogP contribution in [0, 0.1) is 5.92 Å². The van der Waals surface area contributed by atoms with Crippen LogP contribution in [0.2, 0.25) is 0 Å². The second kappa shape index (κ2) is 11.2. The Bertz CT molecular complexity index is 969. The molecule has 178 valence electrons. The smallest absolute Gasteiger partial charge is 0.226 e. The molecule has 1 fully saturated rings. The van der Waals surface area contributed by atoms with Crippen LogP contribution in [0.5, 0.6) is 5.75 Å². The number of ether oxygens (including phenoxy) is 1. The van der Waals surface area contributed by atoms with E-state index in [0.29, 0.717) is 6.54 Å². The number of hydrogen-bond acceptors (Lipinski definition) is 3. The zero-order valence-electron chi connectivity index (χ0n) is 19.7. The summed E-state index contributed by atoms with van der Waals surface area (Å²) >= 11 is 0. The summed E-state index contributed by atoms with van der Waals surface area (Å²) in [5.74, 6) is 1.76. The van der Waals surface area contributed by atoms with Crippen LogP contribution in [0.4, 0.5) is 5.69 Å². The molecule has 2 aromatic rings. The van der Waals surface area contributed by atoms with Gasteiger partial charge in [-0.2, -0.15) is 0 Å². The van der Waals surface area contributed by atoms with E-state index in [9.17, 15) is 4.79 Å². The number of para-hydroxylation sites is 1. The molecule has 0 radical (unpaired) electrons. The van der Waals surface area contributed by atoms with Gasteiger partial charge in [0.1, 0.15) is 11.4 Å². The molecule has 0 bridgehead atoms. The number of carbonyl (C=O) groups excluding carboxylic acids is 1. The lowest BCUT2D eigenvalue weighted by atomic mass is 9.86. The van der Waals surface area contributed by atoms with Crippen molar-refractivity contribution in [1.82, 2.24) is 10.6 Å². The first-order valence-electron chi connectivity index (χ1n) is 11.6. The van der Waals surface area contributed by atoms with E-state index in [1.165, 1.54) is 18.4 Å². The summed E-state index contributed by atoms with van der Waals surface area (Å²) in [7, 11) is 1.80. The maximum absolute atomic E-state index is 11.9. The largest absolute Gasteiger partial charge is 0.487 e. The summed E-state index contributed by atoms with van der Waals surface area (Å²) in [5, 5.41) is 9.99. The minimum Gasteiger partial charge on any atom is -0.487 e. The SMILES string of the molecule is CN=C(NCc1ccc(NC(=O)C(C)C)cc1)NC1CC2(CCCC2)Oc2ccccc21.I. The molecule has 1 saturated carbocycles. The standard InChI is InChI=1S/C26H34N4O2.HI/c1-18(2)24(31)29-20-12-10-19(11-13-20)17-28-25(27-3)30-22-16-26(14-6-7-15-26)32-23-9-5-4-8-21(22)23;/h4-5,8-13,18,22H,6-7,14-17H2,1-3H3,(H,29,31)(H2,27,28,30);1H. The summed E-state index contributed by atoms with van der Waals surface area (Å²) in [6.07, 6.45) is 5.65. The van der Waals surface area contributed by atoms with Crippen molar-refractivity contribution in [2.45, 2.75) is 64.1 Å². The van der Waals surface area contributed by atoms with Gasteiger partial charge in [0.25, 0.3) is 0 Å². The number of nitrogens with one attached hydrogen (secondary N) is 3. The van der Waals surface area contributed by atoms with Gasteiger partial charge in [-0.25, -0.2) is 0 Å². The van der Waals surface area contributed by atoms with E-state index >= 15 is 0 Å². The molecule has 2 aliphatic rings. The van der Waals surface area contributed by atoms with Crippen LogP contribution in [0.3, 0.4) is 0 Å². The molecule has 3 N–H and O–H groups in total. The van der Waals surface area contributed by atoms with Crippen molar-refractivity contribution in [3.05, 3.63) is 59.7 Å². The molecule has 0 saturated heterocycles. The molecule has 1 unspecified atom stereocenters. The average Bonchev–Trinajstić information content (AvgIpc) is 3.24. The minimum atomic E-state index is -0.0544. The number of nitrogens with zero attached hydrogens (tertiary/aromatic N) is 1. The Morgan fingerprint density at radius 3 is 2.48 bits per heavy atom. The van der Waals surface area contributed by atoms with Gasteiger partial charge in [-0.3, -0.25) is 9.79 Å². The fourth-order valence-electron chi connectivity index (χ4n) is 4.61. The summed E-state index contributed by atoms with van der Waals surface area (Å²) in [6.45, 7) is 4.42. The minimum absolute atomic E-state index is 0. The third kappa shape index (κ3) is 6.19. The van der Waals surface area contributed by atoms with Crippen molar-refractivity contribution in [1.29, 1.82) is 0 Å². The van der Waals surface area contributed by atoms with E-state index in [1.807, 2.05) is 44.2 Å². The highest BCUT2D eigenvalue weighted by Gasteiger charge is 2.43. The third-order valence-corrected chi connectivity index (χ3v) is 6.45. The van der Waals surface area contributed by atoms with Gasteiger partial charge in [-0.1, -0.05) is 44.2 Å². The third-order valence-electron chi connectivity index (χ3n) is 6.45. The average molecular weight is 562 g/mol. The van der Waals surface area contributed by atoms with Crippen molar-refractivity contribution >= 4 is 41.5 Å². The van der Waals surface area contributed by atoms with Crippen molar-refractivity contribution in [2.24, 2.45) is 10.9 Å². The first-order chi connectivity index (χ1) is 15.5. The van der Waals surface area contributed by atoms with Crippen molar-refractivity contribution in [3.63, 3.8) is 0 Å². The molecule has 4 rings (SSSR count). The Morgan fingerprint density at radius 1 is 1.12 bits per heavy atom. The number of fused-ring (bicyclic) bond motifs is 1. The molecule has 7 heteroatoms. The molecule has 1 aliphatic carbocycles. The molecule has 33 heavy (non-hydrogen) atoms. The lowest BCUT2D eigenvalue weighted by Crippen LogP contribution is -2.46. The van der Waals surface area contributed by atoms with E-state index in [1.54, 1.807) is 7.05 Å². The fraction of sp³-hybridized carbons (Fsp3) is 0.462. The molecule has 1 heterocycles. The van der Waals surface area contributed by atoms with E-state index in [2.05, 4.69) is 39.1 Å². The number of carbonyl (C=O) groups is 1. The molecule has 0 aromatic heterocycles. The van der Waals surface area contributed by atoms with E-state index in [4.69, 9.17) is 4.74 Å². The van der Waals surface area contributed by atoms with Gasteiger partial charge in [0.05, 0.1) is 6.04 Å². The van der Waals surface area contributed by atoms with Crippen LogP contribution >= 0.6 is 24.0 Å². The van der Waals surface area contributed by atoms with Crippen LogP contribution < -0.4 is 20.7 Å². The molecule has 1 aliphatic heterocycles. The van der Waals surface area contributed by atoms with E-state index in [0.717, 1.165) is 42.2 Å². The van der Waals surface area contributed by atoms with E-state index < -0.39 is 0 Å². The number of aliphatic imine (C=N–C) groups is 1. The number of hydrogen-bond donors (Lipinski definition) is 3. The molecule has 1 spiro atoms. The number of rotatable bonds is 5. The molecule has 2 aromatic carbocycles. The number of benzene rings is 2. The Balaban J connectivity index is 0.00000306. The highest BCUT2D eigenvalue weighted by molar-refractivity contribution is 14.0. The number of halogens is 1. The predicted molar refractivity (Wildman–Crippen MR) is 144 cm³/mol. The van der Waals surface area contributed by atoms with Gasteiger partial charge in [0, 0.05) is 37.2 Å². The van der Waals surface area contributed by atoms with Gasteiger partial charge in [-0.05, 0) is 49.4 Å². The van der Waals surface area contributed by atoms with Crippen LogP contribution in [-0.2, 0) is 11.3 Å². The molecule has 1 atom stereocenters. The van der Waals surface area contributed by atoms with Gasteiger partial charge < -0.3 is 20.7 Å². The van der Waals surface area contributed by atoms with Crippen LogP contribution in [0.1, 0.15) is 63.1 Å². The van der Waals surface area contributed by atoms with Gasteiger partial charge in [-0.15, -0.1) is 24.0 Å². The zero-order valence-corrected chi connectivity index (χ0v) is 22.0. The van der Waals surface area contributed by atoms with Gasteiger partial charge in [0.15, 0.2) is 5.96 Å². The van der Waals surface area contributed by atoms with Crippen LogP contribution in [0.25, 0.3) is 0 Å². The van der Waals surface area contributed by atoms with Crippen molar-refractivity contribution in [3.8, 4) is 5.75 Å². The summed E-state index contributed by atoms with van der Waals surface area (Å²) in [6, 6.07) is 16.4. The molecule has 6 nitrogen and oxygen atoms in total. The normalized spacial score (nSPS) is 18.8. The molecular weight excluding hydrogens is 527 g/mol. The highest BCUT2D eigenvalue weighted by atomic mass is 127. The highest BCUT2D eigenvalue weighted by Crippen LogP contribution is 2.46. The van der Waals surface area contributed by atoms with Crippen molar-refractivity contribution < 1.29 is 9.53 Å². The van der Waals surface area contributed by atoms with Crippen molar-refractivity contribution in [2.75, 3.05) is 12.4 Å². The monoisotopic (exact) mass is 562 g/mol. The molecule has 1 amide bonds. The zero-order chi connectivity index (χ0) is 22.6. The lowest BCUT2D eigenvalue weighted by molar-refractivity contribution is -0.118. The molecular formula is C26H35IN4O2. The summed E-state index contributed by atoms with van der Waals surface area (Å²) < 4.78 is 6.48. The van der Waals surface area contributed by atoms with Gasteiger partial charge >= 0.3 is 0 Å². The maximum Gasteiger partial charge on any atom is 0.226 e. The fourth-order valence-corrected chi connectivity index (χ4v) is 4.61. The summed E-state index contributed by atoms with van der Waals surface area (Å²) in [5.41, 5.74) is 3.07. The predicted octanol–water partition coefficient (Wildman–Crippen LogP) is 5.40. The maximum atomic E-state index is 11.9. The Kier molecular flexibility index (Phi) is 8.62. The first kappa shape index (κ1) is 25.3. The first-order valence-corrected chi connectivity index (χ1v) is 11.6. The number of amides is 1. The second-order valence-corrected chi connectivity index (χ2v) is 9.20. The number of anilines is 1. The second-order valence-electron chi connectivity index (χ2n) is 9.20. The van der Waals surface area contributed by atoms with E-state index in [-0.39, 0.29) is 47.4 Å². The Hall–Kier alpha value is -2.29. The number of guanidine groups is 1. The Labute approximate surface area is 214 Å². The van der Waals surface area contributed by atoms with Crippen LogP contribution in [0.15, 0.2) is 53.5 Å². The topological polar surface area (TPSA) is 74.8 Å². The van der Waals surface area contributed by atoms with Gasteiger partial charge in [0.2, 0.25) is 5.91 Å². The Morgan fingerprint density at radius 2 is 1.82 bits per heavy atom.